The molecule has 0 aliphatic rings. The largest absolute Gasteiger partial charge is 0.380 e. The molecule has 94 valence electrons. The van der Waals surface area contributed by atoms with Crippen molar-refractivity contribution >= 4 is 5.69 Å². The summed E-state index contributed by atoms with van der Waals surface area (Å²) in [6.07, 6.45) is 1.77. The minimum atomic E-state index is -0.995. The maximum atomic E-state index is 11.3. The molecule has 0 aliphatic carbocycles. The molecule has 1 aromatic heterocycles. The van der Waals surface area contributed by atoms with E-state index < -0.39 is 21.9 Å². The number of nitrogens with one attached hydrogen (secondary N) is 1. The first-order chi connectivity index (χ1) is 8.06. The Labute approximate surface area is 96.0 Å². The van der Waals surface area contributed by atoms with Gasteiger partial charge in [-0.25, -0.2) is 4.79 Å². The van der Waals surface area contributed by atoms with E-state index in [2.05, 4.69) is 0 Å². The predicted molar refractivity (Wildman–Crippen MR) is 59.1 cm³/mol. The van der Waals surface area contributed by atoms with Crippen LogP contribution < -0.4 is 11.2 Å². The van der Waals surface area contributed by atoms with Gasteiger partial charge in [-0.3, -0.25) is 24.5 Å². The average molecular weight is 243 g/mol. The Morgan fingerprint density at radius 1 is 1.47 bits per heavy atom. The van der Waals surface area contributed by atoms with E-state index in [-0.39, 0.29) is 13.2 Å². The minimum Gasteiger partial charge on any atom is -0.380 e. The lowest BCUT2D eigenvalue weighted by molar-refractivity contribution is -0.386. The van der Waals surface area contributed by atoms with Gasteiger partial charge in [0, 0.05) is 6.61 Å². The smallest absolute Gasteiger partial charge is 0.350 e. The Morgan fingerprint density at radius 3 is 2.76 bits per heavy atom. The fourth-order valence-corrected chi connectivity index (χ4v) is 1.20. The van der Waals surface area contributed by atoms with Gasteiger partial charge >= 0.3 is 16.9 Å². The lowest BCUT2D eigenvalue weighted by Crippen LogP contribution is -2.31. The van der Waals surface area contributed by atoms with Crippen LogP contribution in [-0.4, -0.2) is 27.7 Å². The molecule has 0 spiro atoms. The fraction of sp³-hybridized carbons (Fsp3) is 0.556. The first kappa shape index (κ1) is 13.1. The van der Waals surface area contributed by atoms with E-state index in [1.54, 1.807) is 0 Å². The van der Waals surface area contributed by atoms with Crippen molar-refractivity contribution in [1.29, 1.82) is 0 Å². The first-order valence-electron chi connectivity index (χ1n) is 5.12. The lowest BCUT2D eigenvalue weighted by atomic mass is 10.5. The maximum Gasteiger partial charge on any atom is 0.350 e. The number of H-pyrrole nitrogens is 1. The van der Waals surface area contributed by atoms with E-state index in [9.17, 15) is 19.7 Å². The highest BCUT2D eigenvalue weighted by molar-refractivity contribution is 5.20. The molecule has 1 rings (SSSR count). The molecule has 0 fully saturated rings. The number of aromatic nitrogens is 2. The van der Waals surface area contributed by atoms with E-state index in [4.69, 9.17) is 4.74 Å². The van der Waals surface area contributed by atoms with Crippen LogP contribution in [0.25, 0.3) is 0 Å². The normalized spacial score (nSPS) is 10.4. The summed E-state index contributed by atoms with van der Waals surface area (Å²) in [6.45, 7) is 2.92. The lowest BCUT2D eigenvalue weighted by Gasteiger charge is -2.04. The molecule has 0 saturated heterocycles. The SMILES string of the molecule is CCCOCCn1cc([N+](=O)[O-])c(=O)[nH]c1=O. The monoisotopic (exact) mass is 243 g/mol. The Kier molecular flexibility index (Phi) is 4.58. The first-order valence-corrected chi connectivity index (χ1v) is 5.12. The van der Waals surface area contributed by atoms with Gasteiger partial charge in [0.05, 0.1) is 24.3 Å². The quantitative estimate of drug-likeness (QED) is 0.425. The van der Waals surface area contributed by atoms with E-state index in [0.717, 1.165) is 17.2 Å². The number of hydrogen-bond acceptors (Lipinski definition) is 5. The van der Waals surface area contributed by atoms with Gasteiger partial charge < -0.3 is 4.74 Å². The topological polar surface area (TPSA) is 107 Å². The van der Waals surface area contributed by atoms with Crippen molar-refractivity contribution in [3.63, 3.8) is 0 Å². The molecular weight excluding hydrogens is 230 g/mol. The minimum absolute atomic E-state index is 0.163. The molecule has 0 aromatic carbocycles. The Balaban J connectivity index is 2.85. The highest BCUT2D eigenvalue weighted by atomic mass is 16.6. The van der Waals surface area contributed by atoms with Gasteiger partial charge in [0.15, 0.2) is 0 Å². The van der Waals surface area contributed by atoms with E-state index in [1.807, 2.05) is 11.9 Å². The highest BCUT2D eigenvalue weighted by Crippen LogP contribution is 1.98. The number of ether oxygens (including phenoxy) is 1. The van der Waals surface area contributed by atoms with Crippen LogP contribution in [0.5, 0.6) is 0 Å². The van der Waals surface area contributed by atoms with Gasteiger partial charge in [-0.15, -0.1) is 0 Å². The van der Waals surface area contributed by atoms with E-state index in [0.29, 0.717) is 6.61 Å². The number of rotatable bonds is 6. The zero-order valence-electron chi connectivity index (χ0n) is 9.34. The molecule has 17 heavy (non-hydrogen) atoms. The number of hydrogen-bond donors (Lipinski definition) is 1. The molecule has 0 unspecified atom stereocenters. The van der Waals surface area contributed by atoms with E-state index >= 15 is 0 Å². The summed E-state index contributed by atoms with van der Waals surface area (Å²) in [5, 5.41) is 10.5. The standard InChI is InChI=1S/C9H13N3O5/c1-2-4-17-5-3-11-6-7(12(15)16)8(13)10-9(11)14/h6H,2-5H2,1H3,(H,10,13,14). The van der Waals surface area contributed by atoms with Crippen molar-refractivity contribution < 1.29 is 9.66 Å². The van der Waals surface area contributed by atoms with Crippen LogP contribution >= 0.6 is 0 Å². The van der Waals surface area contributed by atoms with Crippen LogP contribution in [0.2, 0.25) is 0 Å². The molecule has 0 radical (unpaired) electrons. The van der Waals surface area contributed by atoms with Crippen LogP contribution in [0.15, 0.2) is 15.8 Å². The van der Waals surface area contributed by atoms with Gasteiger partial charge in [0.25, 0.3) is 0 Å². The number of nitro groups is 1. The zero-order chi connectivity index (χ0) is 12.8. The molecule has 8 nitrogen and oxygen atoms in total. The maximum absolute atomic E-state index is 11.3. The average Bonchev–Trinajstić information content (AvgIpc) is 2.26. The number of aromatic amines is 1. The molecule has 0 saturated carbocycles. The third kappa shape index (κ3) is 3.52. The molecule has 1 aromatic rings. The van der Waals surface area contributed by atoms with Crippen LogP contribution in [-0.2, 0) is 11.3 Å². The second-order valence-electron chi connectivity index (χ2n) is 3.34. The molecule has 0 atom stereocenters. The summed E-state index contributed by atoms with van der Waals surface area (Å²) in [6, 6.07) is 0. The predicted octanol–water partition coefficient (Wildman–Crippen LogP) is -0.129. The van der Waals surface area contributed by atoms with Gasteiger partial charge in [-0.2, -0.15) is 0 Å². The van der Waals surface area contributed by atoms with Crippen LogP contribution in [0.4, 0.5) is 5.69 Å². The summed E-state index contributed by atoms with van der Waals surface area (Å²) in [5.74, 6) is 0. The van der Waals surface area contributed by atoms with E-state index in [1.165, 1.54) is 0 Å². The Bertz CT molecular complexity index is 504. The van der Waals surface area contributed by atoms with Gasteiger partial charge in [-0.05, 0) is 6.42 Å². The molecule has 0 amide bonds. The van der Waals surface area contributed by atoms with Gasteiger partial charge in [0.2, 0.25) is 0 Å². The summed E-state index contributed by atoms with van der Waals surface area (Å²) in [7, 11) is 0. The second kappa shape index (κ2) is 5.94. The van der Waals surface area contributed by atoms with Crippen LogP contribution in [0.3, 0.4) is 0 Å². The van der Waals surface area contributed by atoms with Crippen molar-refractivity contribution in [3.8, 4) is 0 Å². The Morgan fingerprint density at radius 2 is 2.18 bits per heavy atom. The molecule has 0 bridgehead atoms. The summed E-state index contributed by atoms with van der Waals surface area (Å²) in [4.78, 5) is 33.9. The molecular formula is C9H13N3O5. The van der Waals surface area contributed by atoms with Crippen molar-refractivity contribution in [3.05, 3.63) is 37.1 Å². The Hall–Kier alpha value is -1.96. The van der Waals surface area contributed by atoms with Crippen LogP contribution in [0.1, 0.15) is 13.3 Å². The third-order valence-corrected chi connectivity index (χ3v) is 2.01. The molecule has 1 N–H and O–H groups in total. The zero-order valence-corrected chi connectivity index (χ0v) is 9.34. The summed E-state index contributed by atoms with van der Waals surface area (Å²) < 4.78 is 6.20. The van der Waals surface area contributed by atoms with Crippen molar-refractivity contribution in [1.82, 2.24) is 9.55 Å². The second-order valence-corrected chi connectivity index (χ2v) is 3.34. The molecule has 8 heteroatoms. The van der Waals surface area contributed by atoms with Crippen molar-refractivity contribution in [2.24, 2.45) is 0 Å². The summed E-state index contributed by atoms with van der Waals surface area (Å²) in [5.41, 5.74) is -2.33. The van der Waals surface area contributed by atoms with Crippen molar-refractivity contribution in [2.45, 2.75) is 19.9 Å². The molecule has 0 aliphatic heterocycles. The third-order valence-electron chi connectivity index (χ3n) is 2.01. The van der Waals surface area contributed by atoms with Gasteiger partial charge in [0.1, 0.15) is 0 Å². The summed E-state index contributed by atoms with van der Waals surface area (Å²) >= 11 is 0. The highest BCUT2D eigenvalue weighted by Gasteiger charge is 2.14. The van der Waals surface area contributed by atoms with Crippen LogP contribution in [0, 0.1) is 10.1 Å². The van der Waals surface area contributed by atoms with Crippen molar-refractivity contribution in [2.75, 3.05) is 13.2 Å². The van der Waals surface area contributed by atoms with Gasteiger partial charge in [-0.1, -0.05) is 6.92 Å². The molecule has 1 heterocycles. The fourth-order valence-electron chi connectivity index (χ4n) is 1.20. The number of nitrogens with zero attached hydrogens (tertiary/aromatic N) is 2.